The Labute approximate surface area is 207 Å². The molecule has 7 heteroatoms. The molecule has 3 amide bonds. The Kier molecular flexibility index (Phi) is 5.40. The fraction of sp³-hybridized carbons (Fsp3) is 0.241. The van der Waals surface area contributed by atoms with E-state index >= 15 is 0 Å². The highest BCUT2D eigenvalue weighted by atomic mass is 16.5. The molecule has 0 radical (unpaired) electrons. The molecule has 0 spiro atoms. The van der Waals surface area contributed by atoms with Crippen LogP contribution in [0.1, 0.15) is 19.3 Å². The number of nitrogens with zero attached hydrogens (tertiary/aromatic N) is 2. The summed E-state index contributed by atoms with van der Waals surface area (Å²) in [4.78, 5) is 54.2. The second-order valence-electron chi connectivity index (χ2n) is 9.49. The van der Waals surface area contributed by atoms with Gasteiger partial charge in [-0.2, -0.15) is 0 Å². The van der Waals surface area contributed by atoms with Gasteiger partial charge in [0.2, 0.25) is 17.7 Å². The van der Waals surface area contributed by atoms with Crippen LogP contribution in [0, 0.1) is 17.8 Å². The number of hydrogen-bond donors (Lipinski definition) is 0. The fourth-order valence-electron chi connectivity index (χ4n) is 5.46. The van der Waals surface area contributed by atoms with E-state index in [1.54, 1.807) is 29.2 Å². The second-order valence-corrected chi connectivity index (χ2v) is 9.49. The first-order valence-corrected chi connectivity index (χ1v) is 12.1. The molecule has 2 saturated heterocycles. The summed E-state index contributed by atoms with van der Waals surface area (Å²) in [6.45, 7) is 0.247. The van der Waals surface area contributed by atoms with E-state index in [2.05, 4.69) is 0 Å². The highest BCUT2D eigenvalue weighted by Gasteiger charge is 2.47. The predicted octanol–water partition coefficient (Wildman–Crippen LogP) is 4.25. The van der Waals surface area contributed by atoms with Crippen molar-refractivity contribution in [2.45, 2.75) is 19.3 Å². The molecule has 1 aliphatic carbocycles. The molecule has 0 saturated carbocycles. The number of anilines is 2. The van der Waals surface area contributed by atoms with E-state index < -0.39 is 11.9 Å². The SMILES string of the molecule is O=C(Oc1ccc(N2C(=O)[C@H]3CC=CC[C@H]3C2=O)cc1)[C@H]1CC(=O)N(c2cccc3ccccc23)C1. The van der Waals surface area contributed by atoms with Crippen molar-refractivity contribution in [3.8, 4) is 5.75 Å². The van der Waals surface area contributed by atoms with Crippen LogP contribution in [0.15, 0.2) is 78.9 Å². The lowest BCUT2D eigenvalue weighted by molar-refractivity contribution is -0.139. The largest absolute Gasteiger partial charge is 0.426 e. The molecule has 3 aliphatic rings. The quantitative estimate of drug-likeness (QED) is 0.241. The van der Waals surface area contributed by atoms with E-state index in [9.17, 15) is 19.2 Å². The van der Waals surface area contributed by atoms with Gasteiger partial charge in [-0.15, -0.1) is 0 Å². The summed E-state index contributed by atoms with van der Waals surface area (Å²) in [7, 11) is 0. The average Bonchev–Trinajstić information content (AvgIpc) is 3.41. The molecule has 0 aromatic heterocycles. The van der Waals surface area contributed by atoms with Gasteiger partial charge in [-0.25, -0.2) is 0 Å². The molecule has 180 valence electrons. The smallest absolute Gasteiger partial charge is 0.316 e. The zero-order chi connectivity index (χ0) is 24.8. The van der Waals surface area contributed by atoms with Gasteiger partial charge in [-0.1, -0.05) is 48.6 Å². The zero-order valence-corrected chi connectivity index (χ0v) is 19.5. The Balaban J connectivity index is 1.14. The molecular formula is C29H24N2O5. The number of fused-ring (bicyclic) bond motifs is 2. The molecular weight excluding hydrogens is 456 g/mol. The van der Waals surface area contributed by atoms with Gasteiger partial charge in [0.15, 0.2) is 0 Å². The number of carbonyl (C=O) groups is 4. The van der Waals surface area contributed by atoms with E-state index in [4.69, 9.17) is 4.74 Å². The maximum absolute atomic E-state index is 12.9. The van der Waals surface area contributed by atoms with Gasteiger partial charge in [-0.3, -0.25) is 24.1 Å². The molecule has 3 aromatic carbocycles. The first-order valence-electron chi connectivity index (χ1n) is 12.1. The number of rotatable bonds is 4. The lowest BCUT2D eigenvalue weighted by Gasteiger charge is -2.19. The molecule has 2 heterocycles. The Morgan fingerprint density at radius 3 is 2.19 bits per heavy atom. The second kappa shape index (κ2) is 8.75. The van der Waals surface area contributed by atoms with E-state index in [-0.39, 0.29) is 42.5 Å². The molecule has 0 bridgehead atoms. The number of esters is 1. The minimum absolute atomic E-state index is 0.0771. The highest BCUT2D eigenvalue weighted by Crippen LogP contribution is 2.38. The summed E-state index contributed by atoms with van der Waals surface area (Å²) in [5, 5.41) is 1.99. The summed E-state index contributed by atoms with van der Waals surface area (Å²) in [5.41, 5.74) is 1.26. The van der Waals surface area contributed by atoms with Crippen LogP contribution in [0.3, 0.4) is 0 Å². The monoisotopic (exact) mass is 480 g/mol. The molecule has 6 rings (SSSR count). The molecule has 7 nitrogen and oxygen atoms in total. The van der Waals surface area contributed by atoms with Crippen LogP contribution in [0.2, 0.25) is 0 Å². The molecule has 0 unspecified atom stereocenters. The first-order chi connectivity index (χ1) is 17.5. The molecule has 3 atom stereocenters. The van der Waals surface area contributed by atoms with Gasteiger partial charge < -0.3 is 9.64 Å². The molecule has 3 aromatic rings. The van der Waals surface area contributed by atoms with Gasteiger partial charge in [-0.05, 0) is 48.6 Å². The van der Waals surface area contributed by atoms with Crippen molar-refractivity contribution in [3.63, 3.8) is 0 Å². The summed E-state index contributed by atoms with van der Waals surface area (Å²) >= 11 is 0. The maximum atomic E-state index is 12.9. The van der Waals surface area contributed by atoms with Gasteiger partial charge in [0.05, 0.1) is 29.1 Å². The number of imide groups is 1. The van der Waals surface area contributed by atoms with E-state index in [1.165, 1.54) is 4.90 Å². The molecule has 2 fully saturated rings. The van der Waals surface area contributed by atoms with E-state index in [1.807, 2.05) is 54.6 Å². The minimum atomic E-state index is -0.589. The van der Waals surface area contributed by atoms with Crippen LogP contribution in [0.4, 0.5) is 11.4 Å². The van der Waals surface area contributed by atoms with Crippen molar-refractivity contribution in [2.75, 3.05) is 16.3 Å². The van der Waals surface area contributed by atoms with Crippen molar-refractivity contribution >= 4 is 45.8 Å². The Morgan fingerprint density at radius 1 is 0.806 bits per heavy atom. The topological polar surface area (TPSA) is 84.0 Å². The number of allylic oxidation sites excluding steroid dienone is 2. The molecule has 36 heavy (non-hydrogen) atoms. The van der Waals surface area contributed by atoms with Crippen molar-refractivity contribution < 1.29 is 23.9 Å². The number of ether oxygens (including phenoxy) is 1. The third kappa shape index (κ3) is 3.68. The van der Waals surface area contributed by atoms with Gasteiger partial charge in [0, 0.05) is 18.4 Å². The van der Waals surface area contributed by atoms with Crippen LogP contribution in [0.25, 0.3) is 10.8 Å². The lowest BCUT2D eigenvalue weighted by atomic mass is 9.85. The van der Waals surface area contributed by atoms with E-state index in [0.717, 1.165) is 16.5 Å². The van der Waals surface area contributed by atoms with Crippen molar-refractivity contribution in [1.29, 1.82) is 0 Å². The first kappa shape index (κ1) is 22.2. The van der Waals surface area contributed by atoms with Gasteiger partial charge in [0.1, 0.15) is 5.75 Å². The van der Waals surface area contributed by atoms with Crippen LogP contribution in [-0.2, 0) is 19.2 Å². The maximum Gasteiger partial charge on any atom is 0.316 e. The lowest BCUT2D eigenvalue weighted by Crippen LogP contribution is -2.30. The highest BCUT2D eigenvalue weighted by molar-refractivity contribution is 6.22. The Bertz CT molecular complexity index is 1400. The van der Waals surface area contributed by atoms with Crippen LogP contribution in [-0.4, -0.2) is 30.2 Å². The summed E-state index contributed by atoms with van der Waals surface area (Å²) < 4.78 is 5.57. The van der Waals surface area contributed by atoms with Crippen molar-refractivity contribution in [1.82, 2.24) is 0 Å². The standard InChI is InChI=1S/C29H24N2O5/c32-26-16-19(17-30(26)25-11-5-7-18-6-1-2-8-22(18)25)29(35)36-21-14-12-20(13-15-21)31-27(33)23-9-3-4-10-24(23)28(31)34/h1-8,11-15,19,23-24H,9-10,16-17H2/t19-,23-,24+/m0/s1. The van der Waals surface area contributed by atoms with Crippen LogP contribution in [0.5, 0.6) is 5.75 Å². The van der Waals surface area contributed by atoms with Crippen molar-refractivity contribution in [2.24, 2.45) is 17.8 Å². The predicted molar refractivity (Wildman–Crippen MR) is 134 cm³/mol. The zero-order valence-electron chi connectivity index (χ0n) is 19.5. The average molecular weight is 481 g/mol. The third-order valence-corrected chi connectivity index (χ3v) is 7.34. The molecule has 0 N–H and O–H groups in total. The number of benzene rings is 3. The van der Waals surface area contributed by atoms with Gasteiger partial charge >= 0.3 is 5.97 Å². The minimum Gasteiger partial charge on any atom is -0.426 e. The number of amides is 3. The Hall–Kier alpha value is -4.26. The van der Waals surface area contributed by atoms with Crippen LogP contribution < -0.4 is 14.5 Å². The third-order valence-electron chi connectivity index (χ3n) is 7.34. The van der Waals surface area contributed by atoms with Crippen molar-refractivity contribution in [3.05, 3.63) is 78.9 Å². The Morgan fingerprint density at radius 2 is 1.47 bits per heavy atom. The summed E-state index contributed by atoms with van der Waals surface area (Å²) in [6, 6.07) is 20.0. The van der Waals surface area contributed by atoms with Gasteiger partial charge in [0.25, 0.3) is 0 Å². The summed E-state index contributed by atoms with van der Waals surface area (Å²) in [6.07, 6.45) is 5.14. The number of carbonyl (C=O) groups excluding carboxylic acids is 4. The number of hydrogen-bond acceptors (Lipinski definition) is 5. The van der Waals surface area contributed by atoms with E-state index in [0.29, 0.717) is 24.3 Å². The normalized spacial score (nSPS) is 23.4. The summed E-state index contributed by atoms with van der Waals surface area (Å²) in [5.74, 6) is -1.86. The molecule has 2 aliphatic heterocycles. The van der Waals surface area contributed by atoms with Crippen LogP contribution >= 0.6 is 0 Å². The fourth-order valence-corrected chi connectivity index (χ4v) is 5.46.